The molecular formula is C14H10F6N2O. The predicted molar refractivity (Wildman–Crippen MR) is 71.8 cm³/mol. The molecule has 0 aromatic heterocycles. The molecule has 0 radical (unpaired) electrons. The second-order valence-corrected chi connectivity index (χ2v) is 4.54. The molecule has 0 amide bonds. The van der Waals surface area contributed by atoms with Crippen molar-refractivity contribution < 1.29 is 31.1 Å². The zero-order valence-electron chi connectivity index (χ0n) is 11.3. The van der Waals surface area contributed by atoms with E-state index in [9.17, 15) is 26.3 Å². The van der Waals surface area contributed by atoms with E-state index in [0.29, 0.717) is 0 Å². The molecule has 0 spiro atoms. The van der Waals surface area contributed by atoms with Crippen LogP contribution in [0.4, 0.5) is 37.7 Å². The van der Waals surface area contributed by atoms with Crippen LogP contribution in [-0.2, 0) is 12.4 Å². The molecule has 0 fully saturated rings. The maximum atomic E-state index is 13.0. The van der Waals surface area contributed by atoms with Gasteiger partial charge in [0.2, 0.25) is 0 Å². The Bertz CT molecular complexity index is 663. The van der Waals surface area contributed by atoms with Gasteiger partial charge < -0.3 is 16.2 Å². The molecule has 0 aliphatic carbocycles. The molecule has 0 heterocycles. The number of benzene rings is 2. The molecule has 0 aliphatic heterocycles. The van der Waals surface area contributed by atoms with E-state index in [0.717, 1.165) is 36.4 Å². The first-order valence-electron chi connectivity index (χ1n) is 6.11. The quantitative estimate of drug-likeness (QED) is 0.618. The normalized spacial score (nSPS) is 12.3. The van der Waals surface area contributed by atoms with E-state index < -0.39 is 46.4 Å². The molecule has 9 heteroatoms. The highest BCUT2D eigenvalue weighted by Gasteiger charge is 2.39. The molecule has 3 nitrogen and oxygen atoms in total. The standard InChI is InChI=1S/C14H10F6N2O/c15-13(16,17)11-7(21)3-1-5-9(11)23-10-6-2-4-8(22)12(10)14(18,19)20/h1-6H,21-22H2. The number of anilines is 2. The van der Waals surface area contributed by atoms with Crippen molar-refractivity contribution >= 4 is 11.4 Å². The van der Waals surface area contributed by atoms with E-state index in [-0.39, 0.29) is 0 Å². The molecule has 0 saturated carbocycles. The van der Waals surface area contributed by atoms with Crippen molar-refractivity contribution in [3.05, 3.63) is 47.5 Å². The van der Waals surface area contributed by atoms with E-state index in [4.69, 9.17) is 16.2 Å². The summed E-state index contributed by atoms with van der Waals surface area (Å²) in [4.78, 5) is 0. The lowest BCUT2D eigenvalue weighted by molar-refractivity contribution is -0.138. The summed E-state index contributed by atoms with van der Waals surface area (Å²) in [5.41, 5.74) is 6.51. The topological polar surface area (TPSA) is 61.3 Å². The Hall–Kier alpha value is -2.58. The van der Waals surface area contributed by atoms with Gasteiger partial charge in [0.25, 0.3) is 0 Å². The second-order valence-electron chi connectivity index (χ2n) is 4.54. The molecule has 2 aromatic carbocycles. The molecule has 124 valence electrons. The molecule has 4 N–H and O–H groups in total. The van der Waals surface area contributed by atoms with Gasteiger partial charge in [0, 0.05) is 11.4 Å². The van der Waals surface area contributed by atoms with Gasteiger partial charge in [-0.3, -0.25) is 0 Å². The zero-order chi connectivity index (χ0) is 17.4. The van der Waals surface area contributed by atoms with Crippen LogP contribution in [0.25, 0.3) is 0 Å². The van der Waals surface area contributed by atoms with Crippen LogP contribution in [0.3, 0.4) is 0 Å². The minimum atomic E-state index is -4.89. The van der Waals surface area contributed by atoms with Gasteiger partial charge in [-0.05, 0) is 24.3 Å². The molecule has 23 heavy (non-hydrogen) atoms. The fourth-order valence-electron chi connectivity index (χ4n) is 1.99. The van der Waals surface area contributed by atoms with E-state index in [1.54, 1.807) is 0 Å². The van der Waals surface area contributed by atoms with E-state index in [2.05, 4.69) is 0 Å². The van der Waals surface area contributed by atoms with Gasteiger partial charge in [-0.2, -0.15) is 26.3 Å². The lowest BCUT2D eigenvalue weighted by Crippen LogP contribution is -2.13. The van der Waals surface area contributed by atoms with Crippen molar-refractivity contribution in [2.75, 3.05) is 11.5 Å². The van der Waals surface area contributed by atoms with E-state index in [1.807, 2.05) is 0 Å². The Morgan fingerprint density at radius 2 is 1.00 bits per heavy atom. The van der Waals surface area contributed by atoms with Crippen LogP contribution in [0.15, 0.2) is 36.4 Å². The first kappa shape index (κ1) is 16.8. The SMILES string of the molecule is Nc1cccc(Oc2cccc(N)c2C(F)(F)F)c1C(F)(F)F. The monoisotopic (exact) mass is 336 g/mol. The smallest absolute Gasteiger partial charge is 0.421 e. The highest BCUT2D eigenvalue weighted by Crippen LogP contribution is 2.45. The van der Waals surface area contributed by atoms with Crippen molar-refractivity contribution in [1.29, 1.82) is 0 Å². The van der Waals surface area contributed by atoms with Crippen molar-refractivity contribution in [3.63, 3.8) is 0 Å². The van der Waals surface area contributed by atoms with Crippen molar-refractivity contribution in [2.45, 2.75) is 12.4 Å². The van der Waals surface area contributed by atoms with Crippen LogP contribution in [0.2, 0.25) is 0 Å². The molecule has 0 bridgehead atoms. The van der Waals surface area contributed by atoms with Crippen LogP contribution < -0.4 is 16.2 Å². The molecule has 0 atom stereocenters. The zero-order valence-corrected chi connectivity index (χ0v) is 11.3. The Morgan fingerprint density at radius 1 is 0.652 bits per heavy atom. The largest absolute Gasteiger partial charge is 0.456 e. The average molecular weight is 336 g/mol. The maximum absolute atomic E-state index is 13.0. The van der Waals surface area contributed by atoms with Gasteiger partial charge in [-0.1, -0.05) is 12.1 Å². The summed E-state index contributed by atoms with van der Waals surface area (Å²) in [5, 5.41) is 0. The summed E-state index contributed by atoms with van der Waals surface area (Å²) < 4.78 is 83.0. The third-order valence-electron chi connectivity index (χ3n) is 2.90. The van der Waals surface area contributed by atoms with Crippen LogP contribution in [-0.4, -0.2) is 0 Å². The summed E-state index contributed by atoms with van der Waals surface area (Å²) >= 11 is 0. The van der Waals surface area contributed by atoms with E-state index >= 15 is 0 Å². The van der Waals surface area contributed by atoms with Crippen molar-refractivity contribution in [2.24, 2.45) is 0 Å². The Balaban J connectivity index is 2.59. The Morgan fingerprint density at radius 3 is 1.30 bits per heavy atom. The number of rotatable bonds is 2. The van der Waals surface area contributed by atoms with Gasteiger partial charge in [0.05, 0.1) is 0 Å². The third-order valence-corrected chi connectivity index (χ3v) is 2.90. The number of halogens is 6. The molecule has 0 unspecified atom stereocenters. The minimum absolute atomic E-state index is 0.660. The van der Waals surface area contributed by atoms with E-state index in [1.165, 1.54) is 0 Å². The maximum Gasteiger partial charge on any atom is 0.421 e. The summed E-state index contributed by atoms with van der Waals surface area (Å²) in [5.74, 6) is -1.68. The molecule has 2 rings (SSSR count). The Kier molecular flexibility index (Phi) is 4.06. The first-order valence-corrected chi connectivity index (χ1v) is 6.11. The van der Waals surface area contributed by atoms with Crippen LogP contribution in [0.5, 0.6) is 11.5 Å². The predicted octanol–water partition coefficient (Wildman–Crippen LogP) is 4.68. The first-order chi connectivity index (χ1) is 10.5. The van der Waals surface area contributed by atoms with Gasteiger partial charge >= 0.3 is 12.4 Å². The molecule has 0 aliphatic rings. The second kappa shape index (κ2) is 5.56. The van der Waals surface area contributed by atoms with Gasteiger partial charge in [-0.25, -0.2) is 0 Å². The highest BCUT2D eigenvalue weighted by atomic mass is 19.4. The summed E-state index contributed by atoms with van der Waals surface area (Å²) in [6.07, 6.45) is -9.78. The van der Waals surface area contributed by atoms with Crippen molar-refractivity contribution in [1.82, 2.24) is 0 Å². The number of hydrogen-bond acceptors (Lipinski definition) is 3. The van der Waals surface area contributed by atoms with Crippen LogP contribution in [0.1, 0.15) is 11.1 Å². The van der Waals surface area contributed by atoms with Crippen LogP contribution in [0, 0.1) is 0 Å². The summed E-state index contributed by atoms with van der Waals surface area (Å²) in [6, 6.07) is 5.98. The van der Waals surface area contributed by atoms with Crippen LogP contribution >= 0.6 is 0 Å². The highest BCUT2D eigenvalue weighted by molar-refractivity contribution is 5.60. The molecule has 0 saturated heterocycles. The molecule has 2 aromatic rings. The number of nitrogen functional groups attached to an aromatic ring is 2. The minimum Gasteiger partial charge on any atom is -0.456 e. The number of alkyl halides is 6. The van der Waals surface area contributed by atoms with Gasteiger partial charge in [0.15, 0.2) is 0 Å². The number of ether oxygens (including phenoxy) is 1. The fourth-order valence-corrected chi connectivity index (χ4v) is 1.99. The number of hydrogen-bond donors (Lipinski definition) is 2. The summed E-state index contributed by atoms with van der Waals surface area (Å²) in [6.45, 7) is 0. The van der Waals surface area contributed by atoms with Crippen molar-refractivity contribution in [3.8, 4) is 11.5 Å². The number of nitrogens with two attached hydrogens (primary N) is 2. The third kappa shape index (κ3) is 3.43. The average Bonchev–Trinajstić information content (AvgIpc) is 2.35. The van der Waals surface area contributed by atoms with Gasteiger partial charge in [-0.15, -0.1) is 0 Å². The molecular weight excluding hydrogens is 326 g/mol. The van der Waals surface area contributed by atoms with Gasteiger partial charge in [0.1, 0.15) is 22.6 Å². The summed E-state index contributed by atoms with van der Waals surface area (Å²) in [7, 11) is 0. The lowest BCUT2D eigenvalue weighted by Gasteiger charge is -2.19. The Labute approximate surface area is 126 Å². The lowest BCUT2D eigenvalue weighted by atomic mass is 10.1. The fraction of sp³-hybridized carbons (Fsp3) is 0.143.